The maximum Gasteiger partial charge on any atom is 0.271 e. The van der Waals surface area contributed by atoms with Crippen molar-refractivity contribution in [1.82, 2.24) is 4.98 Å². The summed E-state index contributed by atoms with van der Waals surface area (Å²) < 4.78 is 20.8. The van der Waals surface area contributed by atoms with Crippen molar-refractivity contribution in [2.45, 2.75) is 6.92 Å². The molecule has 0 fully saturated rings. The molecule has 30 heavy (non-hydrogen) atoms. The summed E-state index contributed by atoms with van der Waals surface area (Å²) in [7, 11) is 0. The lowest BCUT2D eigenvalue weighted by Crippen LogP contribution is -2.31. The lowest BCUT2D eigenvalue weighted by atomic mass is 10.2. The summed E-state index contributed by atoms with van der Waals surface area (Å²) in [6, 6.07) is 20.8. The molecule has 0 atom stereocenters. The number of amides is 1. The lowest BCUT2D eigenvalue weighted by molar-refractivity contribution is -0.119. The first-order valence-corrected chi connectivity index (χ1v) is 9.95. The van der Waals surface area contributed by atoms with Gasteiger partial charge in [-0.25, -0.2) is 9.37 Å². The molecule has 0 aliphatic carbocycles. The third-order valence-corrected chi connectivity index (χ3v) is 5.52. The van der Waals surface area contributed by atoms with Gasteiger partial charge in [-0.2, -0.15) is 5.26 Å². The van der Waals surface area contributed by atoms with Gasteiger partial charge >= 0.3 is 0 Å². The minimum absolute atomic E-state index is 0.313. The molecule has 0 unspecified atom stereocenters. The fourth-order valence-corrected chi connectivity index (χ4v) is 3.93. The Morgan fingerprint density at radius 2 is 1.93 bits per heavy atom. The van der Waals surface area contributed by atoms with Crippen molar-refractivity contribution in [2.24, 2.45) is 0 Å². The third-order valence-electron chi connectivity index (χ3n) is 4.50. The number of rotatable bonds is 5. The number of nitrogens with zero attached hydrogens (tertiary/aromatic N) is 3. The standard InChI is InChI=1S/C23H16FN3O2S/c1-15-10-11-17(12-18(15)24)27(23-26-19-7-3-5-9-21(19)30-23)22(28)14-29-20-8-4-2-6-16(20)13-25/h2-12H,14H2,1H3. The first-order valence-electron chi connectivity index (χ1n) is 9.13. The van der Waals surface area contributed by atoms with Crippen LogP contribution in [0.25, 0.3) is 10.2 Å². The van der Waals surface area contributed by atoms with Crippen LogP contribution < -0.4 is 9.64 Å². The lowest BCUT2D eigenvalue weighted by Gasteiger charge is -2.20. The van der Waals surface area contributed by atoms with Crippen LogP contribution in [0.4, 0.5) is 15.2 Å². The summed E-state index contributed by atoms with van der Waals surface area (Å²) in [5.41, 5.74) is 1.92. The number of thiazole rings is 1. The molecule has 0 saturated carbocycles. The number of hydrogen-bond acceptors (Lipinski definition) is 5. The van der Waals surface area contributed by atoms with Gasteiger partial charge in [0, 0.05) is 0 Å². The second-order valence-electron chi connectivity index (χ2n) is 6.52. The zero-order chi connectivity index (χ0) is 21.1. The predicted molar refractivity (Wildman–Crippen MR) is 115 cm³/mol. The number of aromatic nitrogens is 1. The number of anilines is 2. The molecule has 148 valence electrons. The number of para-hydroxylation sites is 2. The van der Waals surface area contributed by atoms with Gasteiger partial charge in [0.05, 0.1) is 21.5 Å². The highest BCUT2D eigenvalue weighted by Gasteiger charge is 2.23. The topological polar surface area (TPSA) is 66.2 Å². The average molecular weight is 417 g/mol. The number of benzene rings is 3. The van der Waals surface area contributed by atoms with Crippen LogP contribution in [-0.2, 0) is 4.79 Å². The molecule has 0 radical (unpaired) electrons. The van der Waals surface area contributed by atoms with Crippen LogP contribution in [0.15, 0.2) is 66.7 Å². The van der Waals surface area contributed by atoms with Gasteiger partial charge in [-0.1, -0.05) is 41.7 Å². The van der Waals surface area contributed by atoms with Crippen molar-refractivity contribution >= 4 is 38.3 Å². The SMILES string of the molecule is Cc1ccc(N(C(=O)COc2ccccc2C#N)c2nc3ccccc3s2)cc1F. The summed E-state index contributed by atoms with van der Waals surface area (Å²) in [4.78, 5) is 19.0. The highest BCUT2D eigenvalue weighted by Crippen LogP contribution is 2.34. The largest absolute Gasteiger partial charge is 0.482 e. The maximum atomic E-state index is 14.3. The van der Waals surface area contributed by atoms with Crippen molar-refractivity contribution < 1.29 is 13.9 Å². The van der Waals surface area contributed by atoms with Crippen LogP contribution in [0.5, 0.6) is 5.75 Å². The molecule has 4 rings (SSSR count). The fourth-order valence-electron chi connectivity index (χ4n) is 2.93. The normalized spacial score (nSPS) is 10.6. The van der Waals surface area contributed by atoms with Crippen molar-refractivity contribution in [3.05, 3.63) is 83.7 Å². The van der Waals surface area contributed by atoms with E-state index in [-0.39, 0.29) is 6.61 Å². The van der Waals surface area contributed by atoms with E-state index in [2.05, 4.69) is 4.98 Å². The second kappa shape index (κ2) is 8.31. The summed E-state index contributed by atoms with van der Waals surface area (Å²) in [5, 5.41) is 9.63. The van der Waals surface area contributed by atoms with Gasteiger partial charge < -0.3 is 4.74 Å². The summed E-state index contributed by atoms with van der Waals surface area (Å²) in [5.74, 6) is -0.528. The number of nitriles is 1. The molecule has 7 heteroatoms. The Balaban J connectivity index is 1.70. The van der Waals surface area contributed by atoms with Gasteiger partial charge in [0.1, 0.15) is 17.6 Å². The van der Waals surface area contributed by atoms with Crippen LogP contribution in [0.2, 0.25) is 0 Å². The van der Waals surface area contributed by atoms with Crippen LogP contribution in [-0.4, -0.2) is 17.5 Å². The van der Waals surface area contributed by atoms with E-state index < -0.39 is 11.7 Å². The smallest absolute Gasteiger partial charge is 0.271 e. The Morgan fingerprint density at radius 3 is 2.70 bits per heavy atom. The minimum atomic E-state index is -0.426. The molecule has 0 aliphatic heterocycles. The highest BCUT2D eigenvalue weighted by molar-refractivity contribution is 7.22. The highest BCUT2D eigenvalue weighted by atomic mass is 32.1. The molecule has 0 saturated heterocycles. The Morgan fingerprint density at radius 1 is 1.17 bits per heavy atom. The fraction of sp³-hybridized carbons (Fsp3) is 0.0870. The van der Waals surface area contributed by atoms with Crippen molar-refractivity contribution in [2.75, 3.05) is 11.5 Å². The Kier molecular flexibility index (Phi) is 5.42. The zero-order valence-electron chi connectivity index (χ0n) is 16.0. The number of ether oxygens (including phenoxy) is 1. The quantitative estimate of drug-likeness (QED) is 0.438. The molecule has 0 N–H and O–H groups in total. The molecular formula is C23H16FN3O2S. The van der Waals surface area contributed by atoms with E-state index in [4.69, 9.17) is 4.74 Å². The van der Waals surface area contributed by atoms with Crippen molar-refractivity contribution in [3.8, 4) is 11.8 Å². The molecule has 4 aromatic rings. The maximum absolute atomic E-state index is 14.3. The Bertz CT molecular complexity index is 1250. The first-order chi connectivity index (χ1) is 14.6. The molecule has 0 spiro atoms. The van der Waals surface area contributed by atoms with Gasteiger partial charge in [-0.3, -0.25) is 9.69 Å². The van der Waals surface area contributed by atoms with Crippen LogP contribution in [0, 0.1) is 24.1 Å². The molecule has 1 amide bonds. The number of hydrogen-bond donors (Lipinski definition) is 0. The van der Waals surface area contributed by atoms with E-state index in [0.29, 0.717) is 27.7 Å². The summed E-state index contributed by atoms with van der Waals surface area (Å²) in [6.45, 7) is 1.33. The van der Waals surface area contributed by atoms with Crippen molar-refractivity contribution in [3.63, 3.8) is 0 Å². The Hall–Kier alpha value is -3.76. The van der Waals surface area contributed by atoms with Gasteiger partial charge in [-0.15, -0.1) is 0 Å². The third kappa shape index (κ3) is 3.86. The van der Waals surface area contributed by atoms with E-state index in [1.165, 1.54) is 22.3 Å². The number of carbonyl (C=O) groups is 1. The molecule has 3 aromatic carbocycles. The average Bonchev–Trinajstić information content (AvgIpc) is 3.18. The van der Waals surface area contributed by atoms with Gasteiger partial charge in [0.2, 0.25) is 0 Å². The van der Waals surface area contributed by atoms with E-state index in [0.717, 1.165) is 10.2 Å². The van der Waals surface area contributed by atoms with Crippen LogP contribution in [0.3, 0.4) is 0 Å². The zero-order valence-corrected chi connectivity index (χ0v) is 16.8. The van der Waals surface area contributed by atoms with Crippen molar-refractivity contribution in [1.29, 1.82) is 5.26 Å². The number of carbonyl (C=O) groups excluding carboxylic acids is 1. The van der Waals surface area contributed by atoms with E-state index >= 15 is 0 Å². The monoisotopic (exact) mass is 417 g/mol. The van der Waals surface area contributed by atoms with Gasteiger partial charge in [0.25, 0.3) is 5.91 Å². The second-order valence-corrected chi connectivity index (χ2v) is 7.53. The molecule has 1 aromatic heterocycles. The van der Waals surface area contributed by atoms with E-state index in [1.807, 2.05) is 30.3 Å². The molecule has 1 heterocycles. The predicted octanol–water partition coefficient (Wildman–Crippen LogP) is 5.36. The van der Waals surface area contributed by atoms with Crippen LogP contribution >= 0.6 is 11.3 Å². The molecule has 5 nitrogen and oxygen atoms in total. The number of halogens is 1. The molecule has 0 aliphatic rings. The minimum Gasteiger partial charge on any atom is -0.482 e. The number of aryl methyl sites for hydroxylation is 1. The molecule has 0 bridgehead atoms. The van der Waals surface area contributed by atoms with Crippen LogP contribution in [0.1, 0.15) is 11.1 Å². The van der Waals surface area contributed by atoms with E-state index in [1.54, 1.807) is 43.3 Å². The summed E-state index contributed by atoms with van der Waals surface area (Å²) >= 11 is 1.33. The van der Waals surface area contributed by atoms with Gasteiger partial charge in [0.15, 0.2) is 11.7 Å². The molecular weight excluding hydrogens is 401 g/mol. The number of fused-ring (bicyclic) bond motifs is 1. The van der Waals surface area contributed by atoms with Gasteiger partial charge in [-0.05, 0) is 48.9 Å². The summed E-state index contributed by atoms with van der Waals surface area (Å²) in [6.07, 6.45) is 0. The first kappa shape index (κ1) is 19.6. The van der Waals surface area contributed by atoms with E-state index in [9.17, 15) is 14.4 Å². The Labute approximate surface area is 176 Å².